The normalized spacial score (nSPS) is 41.8. The molecule has 1 heterocycles. The van der Waals surface area contributed by atoms with E-state index in [9.17, 15) is 15.3 Å². The summed E-state index contributed by atoms with van der Waals surface area (Å²) in [4.78, 5) is 0. The molecular formula is C9H19NO5. The third-order valence-corrected chi connectivity index (χ3v) is 2.44. The third-order valence-electron chi connectivity index (χ3n) is 2.44. The largest absolute Gasteiger partial charge is 0.388 e. The molecule has 0 spiro atoms. The molecule has 0 aromatic carbocycles. The molecule has 0 aromatic heterocycles. The minimum absolute atomic E-state index is 0.369. The van der Waals surface area contributed by atoms with Crippen LogP contribution in [0.5, 0.6) is 0 Å². The summed E-state index contributed by atoms with van der Waals surface area (Å²) in [5, 5.41) is 31.3. The Morgan fingerprint density at radius 3 is 2.47 bits per heavy atom. The van der Waals surface area contributed by atoms with E-state index in [1.807, 2.05) is 0 Å². The van der Waals surface area contributed by atoms with Crippen molar-refractivity contribution < 1.29 is 24.8 Å². The van der Waals surface area contributed by atoms with Crippen LogP contribution in [0.1, 0.15) is 6.92 Å². The van der Waals surface area contributed by atoms with E-state index in [2.05, 4.69) is 5.32 Å². The highest BCUT2D eigenvalue weighted by atomic mass is 16.7. The highest BCUT2D eigenvalue weighted by Gasteiger charge is 2.42. The topological polar surface area (TPSA) is 91.2 Å². The van der Waals surface area contributed by atoms with Crippen LogP contribution in [0.4, 0.5) is 0 Å². The Hall–Kier alpha value is -0.240. The Morgan fingerprint density at radius 1 is 1.20 bits per heavy atom. The fraction of sp³-hybridized carbons (Fsp3) is 1.00. The molecule has 6 heteroatoms. The van der Waals surface area contributed by atoms with E-state index in [0.717, 1.165) is 0 Å². The van der Waals surface area contributed by atoms with Gasteiger partial charge in [0, 0.05) is 6.54 Å². The number of aliphatic hydroxyl groups excluding tert-OH is 3. The van der Waals surface area contributed by atoms with Gasteiger partial charge in [0.15, 0.2) is 6.29 Å². The molecule has 4 N–H and O–H groups in total. The number of hydrogen-bond donors (Lipinski definition) is 4. The maximum Gasteiger partial charge on any atom is 0.186 e. The van der Waals surface area contributed by atoms with Crippen LogP contribution in [0.15, 0.2) is 0 Å². The lowest BCUT2D eigenvalue weighted by Crippen LogP contribution is -2.57. The zero-order valence-corrected chi connectivity index (χ0v) is 8.96. The molecule has 90 valence electrons. The van der Waals surface area contributed by atoms with Crippen molar-refractivity contribution in [2.45, 2.75) is 37.6 Å². The highest BCUT2D eigenvalue weighted by molar-refractivity contribution is 4.87. The van der Waals surface area contributed by atoms with Crippen molar-refractivity contribution >= 4 is 0 Å². The van der Waals surface area contributed by atoms with Crippen molar-refractivity contribution in [1.82, 2.24) is 5.32 Å². The second kappa shape index (κ2) is 5.74. The molecule has 5 atom stereocenters. The van der Waals surface area contributed by atoms with Crippen molar-refractivity contribution in [2.24, 2.45) is 0 Å². The van der Waals surface area contributed by atoms with Gasteiger partial charge in [-0.05, 0) is 14.0 Å². The molecule has 0 aromatic rings. The smallest absolute Gasteiger partial charge is 0.186 e. The molecule has 6 nitrogen and oxygen atoms in total. The van der Waals surface area contributed by atoms with Crippen LogP contribution in [0.25, 0.3) is 0 Å². The second-order valence-electron chi connectivity index (χ2n) is 3.66. The van der Waals surface area contributed by atoms with Crippen molar-refractivity contribution in [3.63, 3.8) is 0 Å². The molecule has 1 aliphatic rings. The monoisotopic (exact) mass is 221 g/mol. The van der Waals surface area contributed by atoms with Gasteiger partial charge in [0.1, 0.15) is 18.3 Å². The average Bonchev–Trinajstić information content (AvgIpc) is 2.23. The van der Waals surface area contributed by atoms with Crippen LogP contribution in [-0.4, -0.2) is 66.2 Å². The predicted molar refractivity (Wildman–Crippen MR) is 52.2 cm³/mol. The zero-order chi connectivity index (χ0) is 11.4. The summed E-state index contributed by atoms with van der Waals surface area (Å²) >= 11 is 0. The van der Waals surface area contributed by atoms with E-state index in [-0.39, 0.29) is 0 Å². The van der Waals surface area contributed by atoms with Gasteiger partial charge in [-0.1, -0.05) is 0 Å². The highest BCUT2D eigenvalue weighted by Crippen LogP contribution is 2.21. The van der Waals surface area contributed by atoms with E-state index in [1.165, 1.54) is 0 Å². The Bertz CT molecular complexity index is 191. The van der Waals surface area contributed by atoms with Crippen molar-refractivity contribution in [1.29, 1.82) is 0 Å². The van der Waals surface area contributed by atoms with Crippen LogP contribution in [-0.2, 0) is 9.47 Å². The van der Waals surface area contributed by atoms with Gasteiger partial charge >= 0.3 is 0 Å². The molecule has 15 heavy (non-hydrogen) atoms. The van der Waals surface area contributed by atoms with Crippen LogP contribution in [0, 0.1) is 0 Å². The Kier molecular flexibility index (Phi) is 4.91. The minimum Gasteiger partial charge on any atom is -0.388 e. The summed E-state index contributed by atoms with van der Waals surface area (Å²) in [5.41, 5.74) is 0. The SMILES string of the molecule is CNCCO[C@@H]1O[C@@H](C)[C@@H](O)[C@@H](O)[C@@H]1O. The molecule has 1 fully saturated rings. The Labute approximate surface area is 88.8 Å². The summed E-state index contributed by atoms with van der Waals surface area (Å²) in [6.45, 7) is 2.61. The fourth-order valence-corrected chi connectivity index (χ4v) is 1.43. The van der Waals surface area contributed by atoms with E-state index < -0.39 is 30.7 Å². The molecule has 0 unspecified atom stereocenters. The zero-order valence-electron chi connectivity index (χ0n) is 8.96. The molecule has 0 bridgehead atoms. The van der Waals surface area contributed by atoms with Crippen LogP contribution < -0.4 is 5.32 Å². The predicted octanol–water partition coefficient (Wildman–Crippen LogP) is -1.95. The van der Waals surface area contributed by atoms with Crippen LogP contribution in [0.3, 0.4) is 0 Å². The van der Waals surface area contributed by atoms with E-state index in [0.29, 0.717) is 13.2 Å². The van der Waals surface area contributed by atoms with Gasteiger partial charge in [0.05, 0.1) is 12.7 Å². The standard InChI is InChI=1S/C9H19NO5/c1-5-6(11)7(12)8(13)9(15-5)14-4-3-10-2/h5-13H,3-4H2,1-2H3/t5-,6+,7+,8-,9+/m0/s1. The van der Waals surface area contributed by atoms with Gasteiger partial charge in [0.25, 0.3) is 0 Å². The van der Waals surface area contributed by atoms with Gasteiger partial charge in [-0.2, -0.15) is 0 Å². The average molecular weight is 221 g/mol. The molecule has 0 radical (unpaired) electrons. The summed E-state index contributed by atoms with van der Waals surface area (Å²) in [7, 11) is 1.78. The number of ether oxygens (including phenoxy) is 2. The van der Waals surface area contributed by atoms with Gasteiger partial charge in [-0.3, -0.25) is 0 Å². The van der Waals surface area contributed by atoms with Crippen molar-refractivity contribution in [2.75, 3.05) is 20.2 Å². The fourth-order valence-electron chi connectivity index (χ4n) is 1.43. The lowest BCUT2D eigenvalue weighted by atomic mass is 10.0. The summed E-state index contributed by atoms with van der Waals surface area (Å²) in [6, 6.07) is 0. The van der Waals surface area contributed by atoms with Crippen LogP contribution in [0.2, 0.25) is 0 Å². The molecule has 0 saturated carbocycles. The lowest BCUT2D eigenvalue weighted by Gasteiger charge is -2.38. The van der Waals surface area contributed by atoms with Crippen molar-refractivity contribution in [3.05, 3.63) is 0 Å². The third kappa shape index (κ3) is 3.10. The van der Waals surface area contributed by atoms with Crippen LogP contribution >= 0.6 is 0 Å². The Balaban J connectivity index is 2.43. The first-order valence-corrected chi connectivity index (χ1v) is 5.03. The number of likely N-dealkylation sites (N-methyl/N-ethyl adjacent to an activating group) is 1. The number of hydrogen-bond acceptors (Lipinski definition) is 6. The molecule has 0 amide bonds. The molecule has 1 saturated heterocycles. The first-order valence-electron chi connectivity index (χ1n) is 5.03. The maximum absolute atomic E-state index is 9.54. The number of rotatable bonds is 4. The first kappa shape index (κ1) is 12.8. The Morgan fingerprint density at radius 2 is 1.87 bits per heavy atom. The molecule has 1 rings (SSSR count). The minimum atomic E-state index is -1.23. The maximum atomic E-state index is 9.54. The second-order valence-corrected chi connectivity index (χ2v) is 3.66. The summed E-state index contributed by atoms with van der Waals surface area (Å²) < 4.78 is 10.4. The molecule has 1 aliphatic heterocycles. The quantitative estimate of drug-likeness (QED) is 0.412. The number of nitrogens with one attached hydrogen (secondary N) is 1. The lowest BCUT2D eigenvalue weighted by molar-refractivity contribution is -0.292. The first-order chi connectivity index (χ1) is 7.07. The van der Waals surface area contributed by atoms with Gasteiger partial charge in [0.2, 0.25) is 0 Å². The van der Waals surface area contributed by atoms with Crippen molar-refractivity contribution in [3.8, 4) is 0 Å². The van der Waals surface area contributed by atoms with Gasteiger partial charge in [-0.15, -0.1) is 0 Å². The summed E-state index contributed by atoms with van der Waals surface area (Å²) in [6.07, 6.45) is -4.96. The van der Waals surface area contributed by atoms with E-state index in [1.54, 1.807) is 14.0 Å². The summed E-state index contributed by atoms with van der Waals surface area (Å²) in [5.74, 6) is 0. The van der Waals surface area contributed by atoms with E-state index in [4.69, 9.17) is 9.47 Å². The van der Waals surface area contributed by atoms with Gasteiger partial charge in [-0.25, -0.2) is 0 Å². The van der Waals surface area contributed by atoms with E-state index >= 15 is 0 Å². The molecule has 0 aliphatic carbocycles. The number of aliphatic hydroxyl groups is 3. The van der Waals surface area contributed by atoms with Gasteiger partial charge < -0.3 is 30.1 Å². The molecular weight excluding hydrogens is 202 g/mol.